The number of hydrogen-bond acceptors (Lipinski definition) is 4. The number of likely N-dealkylation sites (tertiary alicyclic amines) is 1. The first-order valence-electron chi connectivity index (χ1n) is 5.56. The van der Waals surface area contributed by atoms with Gasteiger partial charge in [-0.1, -0.05) is 0 Å². The van der Waals surface area contributed by atoms with Crippen LogP contribution < -0.4 is 5.32 Å². The molecule has 1 fully saturated rings. The van der Waals surface area contributed by atoms with E-state index in [2.05, 4.69) is 22.2 Å². The van der Waals surface area contributed by atoms with Crippen molar-refractivity contribution in [3.05, 3.63) is 16.6 Å². The molecule has 0 aliphatic carbocycles. The molecule has 84 valence electrons. The summed E-state index contributed by atoms with van der Waals surface area (Å²) in [5, 5.41) is 3.31. The summed E-state index contributed by atoms with van der Waals surface area (Å²) in [6, 6.07) is 0.568. The van der Waals surface area contributed by atoms with Gasteiger partial charge in [0.05, 0.1) is 5.51 Å². The maximum Gasteiger partial charge on any atom is 0.0794 e. The predicted octanol–water partition coefficient (Wildman–Crippen LogP) is 1.75. The van der Waals surface area contributed by atoms with Gasteiger partial charge < -0.3 is 5.32 Å². The molecule has 0 radical (unpaired) electrons. The predicted molar refractivity (Wildman–Crippen MR) is 64.1 cm³/mol. The van der Waals surface area contributed by atoms with Crippen LogP contribution in [0.15, 0.2) is 11.7 Å². The summed E-state index contributed by atoms with van der Waals surface area (Å²) in [5.74, 6) is 0.731. The fraction of sp³-hybridized carbons (Fsp3) is 0.727. The summed E-state index contributed by atoms with van der Waals surface area (Å²) in [4.78, 5) is 8.08. The van der Waals surface area contributed by atoms with Gasteiger partial charge in [-0.25, -0.2) is 0 Å². The normalized spacial score (nSPS) is 28.1. The van der Waals surface area contributed by atoms with E-state index < -0.39 is 0 Å². The maximum absolute atomic E-state index is 4.20. The molecule has 1 saturated heterocycles. The number of piperidine rings is 1. The van der Waals surface area contributed by atoms with Crippen LogP contribution in [-0.2, 0) is 0 Å². The highest BCUT2D eigenvalue weighted by atomic mass is 32.1. The van der Waals surface area contributed by atoms with Crippen molar-refractivity contribution in [2.45, 2.75) is 18.9 Å². The van der Waals surface area contributed by atoms with Gasteiger partial charge in [-0.05, 0) is 45.9 Å². The van der Waals surface area contributed by atoms with E-state index in [1.807, 2.05) is 18.8 Å². The smallest absolute Gasteiger partial charge is 0.0794 e. The number of aromatic nitrogens is 1. The van der Waals surface area contributed by atoms with Gasteiger partial charge in [-0.15, -0.1) is 11.3 Å². The SMILES string of the molecule is CNCC1CCCN(C)C1c1cncs1. The van der Waals surface area contributed by atoms with Crippen LogP contribution in [0.2, 0.25) is 0 Å². The van der Waals surface area contributed by atoms with Crippen LogP contribution in [0.25, 0.3) is 0 Å². The monoisotopic (exact) mass is 225 g/mol. The standard InChI is InChI=1S/C11H19N3S/c1-12-6-9-4-3-5-14(2)11(9)10-7-13-8-15-10/h7-9,11-12H,3-6H2,1-2H3. The molecule has 0 bridgehead atoms. The van der Waals surface area contributed by atoms with Gasteiger partial charge in [0.25, 0.3) is 0 Å². The van der Waals surface area contributed by atoms with E-state index in [0.717, 1.165) is 12.5 Å². The van der Waals surface area contributed by atoms with Crippen molar-refractivity contribution in [2.24, 2.45) is 5.92 Å². The quantitative estimate of drug-likeness (QED) is 0.849. The zero-order valence-corrected chi connectivity index (χ0v) is 10.3. The number of hydrogen-bond donors (Lipinski definition) is 1. The van der Waals surface area contributed by atoms with Crippen LogP contribution in [0.3, 0.4) is 0 Å². The lowest BCUT2D eigenvalue weighted by molar-refractivity contribution is 0.123. The first kappa shape index (κ1) is 11.0. The Bertz CT molecular complexity index is 284. The second kappa shape index (κ2) is 5.05. The lowest BCUT2D eigenvalue weighted by Crippen LogP contribution is -2.39. The molecule has 0 aromatic carbocycles. The highest BCUT2D eigenvalue weighted by molar-refractivity contribution is 7.09. The third kappa shape index (κ3) is 2.38. The average Bonchev–Trinajstić information content (AvgIpc) is 2.71. The van der Waals surface area contributed by atoms with E-state index in [-0.39, 0.29) is 0 Å². The zero-order valence-electron chi connectivity index (χ0n) is 9.44. The summed E-state index contributed by atoms with van der Waals surface area (Å²) in [6.07, 6.45) is 4.67. The Morgan fingerprint density at radius 2 is 2.53 bits per heavy atom. The molecule has 3 nitrogen and oxygen atoms in total. The van der Waals surface area contributed by atoms with Gasteiger partial charge in [-0.3, -0.25) is 9.88 Å². The highest BCUT2D eigenvalue weighted by Crippen LogP contribution is 2.36. The molecule has 1 aliphatic heterocycles. The van der Waals surface area contributed by atoms with E-state index in [1.54, 1.807) is 11.3 Å². The third-order valence-corrected chi connectivity index (χ3v) is 4.06. The second-order valence-electron chi connectivity index (χ2n) is 4.29. The van der Waals surface area contributed by atoms with Crippen molar-refractivity contribution < 1.29 is 0 Å². The largest absolute Gasteiger partial charge is 0.319 e. The minimum atomic E-state index is 0.568. The van der Waals surface area contributed by atoms with E-state index >= 15 is 0 Å². The summed E-state index contributed by atoms with van der Waals surface area (Å²) >= 11 is 1.78. The molecular formula is C11H19N3S. The van der Waals surface area contributed by atoms with Crippen LogP contribution >= 0.6 is 11.3 Å². The Hall–Kier alpha value is -0.450. The van der Waals surface area contributed by atoms with E-state index in [0.29, 0.717) is 6.04 Å². The van der Waals surface area contributed by atoms with Gasteiger partial charge in [0.15, 0.2) is 0 Å². The van der Waals surface area contributed by atoms with Gasteiger partial charge in [-0.2, -0.15) is 0 Å². The van der Waals surface area contributed by atoms with Gasteiger partial charge in [0.2, 0.25) is 0 Å². The fourth-order valence-electron chi connectivity index (χ4n) is 2.56. The molecule has 1 aromatic heterocycles. The highest BCUT2D eigenvalue weighted by Gasteiger charge is 2.30. The van der Waals surface area contributed by atoms with E-state index in [1.165, 1.54) is 24.3 Å². The molecule has 15 heavy (non-hydrogen) atoms. The number of nitrogens with zero attached hydrogens (tertiary/aromatic N) is 2. The minimum absolute atomic E-state index is 0.568. The van der Waals surface area contributed by atoms with Crippen LogP contribution in [0.1, 0.15) is 23.8 Å². The Morgan fingerprint density at radius 1 is 1.67 bits per heavy atom. The first-order valence-corrected chi connectivity index (χ1v) is 6.44. The molecule has 4 heteroatoms. The molecule has 1 aromatic rings. The summed E-state index contributed by atoms with van der Waals surface area (Å²) < 4.78 is 0. The average molecular weight is 225 g/mol. The molecule has 0 amide bonds. The van der Waals surface area contributed by atoms with Crippen LogP contribution in [0.5, 0.6) is 0 Å². The molecule has 1 N–H and O–H groups in total. The van der Waals surface area contributed by atoms with Gasteiger partial charge in [0.1, 0.15) is 0 Å². The Labute approximate surface area is 95.5 Å². The number of nitrogens with one attached hydrogen (secondary N) is 1. The van der Waals surface area contributed by atoms with Crippen molar-refractivity contribution in [1.82, 2.24) is 15.2 Å². The van der Waals surface area contributed by atoms with Crippen molar-refractivity contribution in [3.8, 4) is 0 Å². The maximum atomic E-state index is 4.20. The van der Waals surface area contributed by atoms with Crippen LogP contribution in [0.4, 0.5) is 0 Å². The molecule has 0 saturated carbocycles. The minimum Gasteiger partial charge on any atom is -0.319 e. The van der Waals surface area contributed by atoms with Crippen molar-refractivity contribution in [2.75, 3.05) is 27.2 Å². The Morgan fingerprint density at radius 3 is 3.20 bits per heavy atom. The summed E-state index contributed by atoms with van der Waals surface area (Å²) in [7, 11) is 4.27. The topological polar surface area (TPSA) is 28.2 Å². The lowest BCUT2D eigenvalue weighted by atomic mass is 9.88. The molecular weight excluding hydrogens is 206 g/mol. The second-order valence-corrected chi connectivity index (χ2v) is 5.21. The lowest BCUT2D eigenvalue weighted by Gasteiger charge is -2.38. The zero-order chi connectivity index (χ0) is 10.7. The van der Waals surface area contributed by atoms with Crippen LogP contribution in [-0.4, -0.2) is 37.1 Å². The Balaban J connectivity index is 2.15. The van der Waals surface area contributed by atoms with Crippen molar-refractivity contribution >= 4 is 11.3 Å². The molecule has 0 spiro atoms. The van der Waals surface area contributed by atoms with E-state index in [4.69, 9.17) is 0 Å². The van der Waals surface area contributed by atoms with Crippen molar-refractivity contribution in [3.63, 3.8) is 0 Å². The first-order chi connectivity index (χ1) is 7.33. The third-order valence-electron chi connectivity index (χ3n) is 3.22. The van der Waals surface area contributed by atoms with Gasteiger partial charge in [0, 0.05) is 17.1 Å². The van der Waals surface area contributed by atoms with Crippen LogP contribution in [0, 0.1) is 5.92 Å². The number of thiazole rings is 1. The molecule has 2 rings (SSSR count). The summed E-state index contributed by atoms with van der Waals surface area (Å²) in [5.41, 5.74) is 1.94. The number of rotatable bonds is 3. The molecule has 1 aliphatic rings. The molecule has 2 heterocycles. The molecule has 2 atom stereocenters. The van der Waals surface area contributed by atoms with Crippen molar-refractivity contribution in [1.29, 1.82) is 0 Å². The van der Waals surface area contributed by atoms with E-state index in [9.17, 15) is 0 Å². The summed E-state index contributed by atoms with van der Waals surface area (Å²) in [6.45, 7) is 2.32. The fourth-order valence-corrected chi connectivity index (χ4v) is 3.43. The Kier molecular flexibility index (Phi) is 3.72. The molecule has 2 unspecified atom stereocenters. The van der Waals surface area contributed by atoms with Gasteiger partial charge >= 0.3 is 0 Å².